The fourth-order valence-corrected chi connectivity index (χ4v) is 3.40. The molecule has 0 bridgehead atoms. The van der Waals surface area contributed by atoms with Crippen LogP contribution in [0.25, 0.3) is 17.8 Å². The van der Waals surface area contributed by atoms with Gasteiger partial charge in [0.1, 0.15) is 0 Å². The van der Waals surface area contributed by atoms with Gasteiger partial charge in [0.2, 0.25) is 0 Å². The second kappa shape index (κ2) is 6.46. The number of nitrogens with zero attached hydrogens (tertiary/aromatic N) is 3. The second-order valence-corrected chi connectivity index (χ2v) is 6.18. The van der Waals surface area contributed by atoms with Gasteiger partial charge in [0, 0.05) is 24.4 Å². The van der Waals surface area contributed by atoms with Crippen LogP contribution < -0.4 is 10.6 Å². The SMILES string of the molecule is N#Cc1ccc(-n2nc(C3CCOCC3)c3c2=CCC=CC=3)cc1. The maximum Gasteiger partial charge on any atom is 0.0991 e. The minimum Gasteiger partial charge on any atom is -0.381 e. The first-order chi connectivity index (χ1) is 11.9. The number of hydrogen-bond donors (Lipinski definition) is 0. The van der Waals surface area contributed by atoms with E-state index in [0.717, 1.165) is 43.5 Å². The summed E-state index contributed by atoms with van der Waals surface area (Å²) in [5.74, 6) is 0.447. The number of ether oxygens (including phenoxy) is 1. The second-order valence-electron chi connectivity index (χ2n) is 6.18. The predicted octanol–water partition coefficient (Wildman–Crippen LogP) is 2.16. The Morgan fingerprint density at radius 1 is 1.17 bits per heavy atom. The maximum atomic E-state index is 9.00. The van der Waals surface area contributed by atoms with E-state index in [-0.39, 0.29) is 0 Å². The Morgan fingerprint density at radius 3 is 2.71 bits per heavy atom. The zero-order valence-electron chi connectivity index (χ0n) is 13.5. The average molecular weight is 317 g/mol. The van der Waals surface area contributed by atoms with Crippen molar-refractivity contribution in [1.82, 2.24) is 9.78 Å². The molecule has 2 heterocycles. The molecule has 1 aromatic carbocycles. The van der Waals surface area contributed by atoms with E-state index < -0.39 is 0 Å². The smallest absolute Gasteiger partial charge is 0.0991 e. The molecule has 4 heteroatoms. The van der Waals surface area contributed by atoms with Gasteiger partial charge in [-0.3, -0.25) is 0 Å². The fraction of sp³-hybridized carbons (Fsp3) is 0.300. The monoisotopic (exact) mass is 317 g/mol. The molecule has 0 radical (unpaired) electrons. The first-order valence-corrected chi connectivity index (χ1v) is 8.41. The first-order valence-electron chi connectivity index (χ1n) is 8.41. The van der Waals surface area contributed by atoms with Gasteiger partial charge in [-0.1, -0.05) is 24.3 Å². The molecule has 1 saturated heterocycles. The van der Waals surface area contributed by atoms with E-state index in [9.17, 15) is 0 Å². The van der Waals surface area contributed by atoms with Gasteiger partial charge in [-0.15, -0.1) is 0 Å². The third-order valence-corrected chi connectivity index (χ3v) is 4.68. The molecule has 120 valence electrons. The molecule has 0 amide bonds. The highest BCUT2D eigenvalue weighted by molar-refractivity contribution is 5.47. The summed E-state index contributed by atoms with van der Waals surface area (Å²) in [4.78, 5) is 0. The number of rotatable bonds is 2. The summed E-state index contributed by atoms with van der Waals surface area (Å²) in [6, 6.07) is 9.78. The molecule has 0 spiro atoms. The van der Waals surface area contributed by atoms with Gasteiger partial charge in [-0.05, 0) is 43.5 Å². The molecule has 1 aliphatic heterocycles. The van der Waals surface area contributed by atoms with Crippen molar-refractivity contribution in [3.8, 4) is 11.8 Å². The molecule has 0 atom stereocenters. The van der Waals surface area contributed by atoms with E-state index in [1.807, 2.05) is 28.9 Å². The largest absolute Gasteiger partial charge is 0.381 e. The molecule has 2 aliphatic rings. The van der Waals surface area contributed by atoms with E-state index in [2.05, 4.69) is 30.4 Å². The lowest BCUT2D eigenvalue weighted by Crippen LogP contribution is -2.30. The van der Waals surface area contributed by atoms with Gasteiger partial charge < -0.3 is 4.74 Å². The van der Waals surface area contributed by atoms with E-state index in [1.165, 1.54) is 10.9 Å². The van der Waals surface area contributed by atoms with E-state index in [4.69, 9.17) is 15.1 Å². The van der Waals surface area contributed by atoms with Crippen LogP contribution in [0.4, 0.5) is 0 Å². The van der Waals surface area contributed by atoms with Crippen LogP contribution >= 0.6 is 0 Å². The Hall–Kier alpha value is -2.64. The van der Waals surface area contributed by atoms with Crippen molar-refractivity contribution in [2.24, 2.45) is 0 Å². The Bertz CT molecular complexity index is 923. The Labute approximate surface area is 141 Å². The molecule has 0 saturated carbocycles. The molecule has 1 aromatic heterocycles. The summed E-state index contributed by atoms with van der Waals surface area (Å²) in [5.41, 5.74) is 2.83. The molecule has 1 aliphatic carbocycles. The topological polar surface area (TPSA) is 50.8 Å². The molecule has 0 unspecified atom stereocenters. The van der Waals surface area contributed by atoms with Crippen molar-refractivity contribution in [2.45, 2.75) is 25.2 Å². The zero-order valence-corrected chi connectivity index (χ0v) is 13.5. The lowest BCUT2D eigenvalue weighted by molar-refractivity contribution is 0.0842. The fourth-order valence-electron chi connectivity index (χ4n) is 3.40. The third-order valence-electron chi connectivity index (χ3n) is 4.68. The highest BCUT2D eigenvalue weighted by Gasteiger charge is 2.21. The zero-order chi connectivity index (χ0) is 16.4. The van der Waals surface area contributed by atoms with Gasteiger partial charge in [0.25, 0.3) is 0 Å². The highest BCUT2D eigenvalue weighted by atomic mass is 16.5. The van der Waals surface area contributed by atoms with Gasteiger partial charge >= 0.3 is 0 Å². The summed E-state index contributed by atoms with van der Waals surface area (Å²) in [7, 11) is 0. The molecular weight excluding hydrogens is 298 g/mol. The molecule has 4 nitrogen and oxygen atoms in total. The Kier molecular flexibility index (Phi) is 4.02. The van der Waals surface area contributed by atoms with Gasteiger partial charge in [-0.2, -0.15) is 10.4 Å². The first kappa shape index (κ1) is 14.9. The van der Waals surface area contributed by atoms with Crippen molar-refractivity contribution in [3.05, 3.63) is 58.2 Å². The van der Waals surface area contributed by atoms with Crippen LogP contribution in [0.15, 0.2) is 36.4 Å². The minimum atomic E-state index is 0.447. The van der Waals surface area contributed by atoms with Crippen molar-refractivity contribution in [3.63, 3.8) is 0 Å². The minimum absolute atomic E-state index is 0.447. The Morgan fingerprint density at radius 2 is 1.96 bits per heavy atom. The summed E-state index contributed by atoms with van der Waals surface area (Å²) < 4.78 is 7.53. The maximum absolute atomic E-state index is 9.00. The summed E-state index contributed by atoms with van der Waals surface area (Å²) in [6.07, 6.45) is 11.6. The molecule has 2 aromatic rings. The van der Waals surface area contributed by atoms with Crippen LogP contribution in [0.5, 0.6) is 0 Å². The van der Waals surface area contributed by atoms with E-state index >= 15 is 0 Å². The van der Waals surface area contributed by atoms with Crippen LogP contribution in [0.3, 0.4) is 0 Å². The van der Waals surface area contributed by atoms with E-state index in [1.54, 1.807) is 0 Å². The number of nitriles is 1. The van der Waals surface area contributed by atoms with Crippen molar-refractivity contribution >= 4 is 12.2 Å². The summed E-state index contributed by atoms with van der Waals surface area (Å²) in [6.45, 7) is 1.62. The number of benzene rings is 1. The number of allylic oxidation sites excluding steroid dienone is 2. The predicted molar refractivity (Wildman–Crippen MR) is 93.0 cm³/mol. The van der Waals surface area contributed by atoms with Crippen LogP contribution in [0.2, 0.25) is 0 Å². The van der Waals surface area contributed by atoms with Gasteiger partial charge in [0.05, 0.1) is 28.4 Å². The van der Waals surface area contributed by atoms with Crippen molar-refractivity contribution in [2.75, 3.05) is 13.2 Å². The normalized spacial score (nSPS) is 17.3. The number of aromatic nitrogens is 2. The van der Waals surface area contributed by atoms with Crippen LogP contribution in [0.1, 0.15) is 36.4 Å². The van der Waals surface area contributed by atoms with Crippen LogP contribution in [-0.4, -0.2) is 23.0 Å². The lowest BCUT2D eigenvalue weighted by atomic mass is 9.95. The van der Waals surface area contributed by atoms with Gasteiger partial charge in [0.15, 0.2) is 0 Å². The molecule has 1 fully saturated rings. The average Bonchev–Trinajstić information content (AvgIpc) is 2.84. The molecular formula is C20H19N3O. The van der Waals surface area contributed by atoms with Crippen LogP contribution in [0, 0.1) is 11.3 Å². The van der Waals surface area contributed by atoms with Gasteiger partial charge in [-0.25, -0.2) is 4.68 Å². The molecule has 24 heavy (non-hydrogen) atoms. The molecule has 4 rings (SSSR count). The summed E-state index contributed by atoms with van der Waals surface area (Å²) >= 11 is 0. The summed E-state index contributed by atoms with van der Waals surface area (Å²) in [5, 5.41) is 16.3. The number of hydrogen-bond acceptors (Lipinski definition) is 3. The lowest BCUT2D eigenvalue weighted by Gasteiger charge is -2.20. The van der Waals surface area contributed by atoms with Crippen LogP contribution in [-0.2, 0) is 4.74 Å². The highest BCUT2D eigenvalue weighted by Crippen LogP contribution is 2.23. The van der Waals surface area contributed by atoms with Crippen molar-refractivity contribution < 1.29 is 4.74 Å². The van der Waals surface area contributed by atoms with Crippen molar-refractivity contribution in [1.29, 1.82) is 5.26 Å². The molecule has 0 N–H and O–H groups in total. The number of fused-ring (bicyclic) bond motifs is 1. The Balaban J connectivity index is 1.87. The third kappa shape index (κ3) is 2.68. The van der Waals surface area contributed by atoms with E-state index in [0.29, 0.717) is 11.5 Å². The quantitative estimate of drug-likeness (QED) is 0.853. The standard InChI is InChI=1S/C20H19N3O/c21-14-15-6-8-17(9-7-15)23-19-5-3-1-2-4-18(19)20(22-23)16-10-12-24-13-11-16/h1-2,4-9,16H,3,10-13H2.